The Balaban J connectivity index is 1.13. The quantitative estimate of drug-likeness (QED) is 0.0688. The molecule has 0 bridgehead atoms. The molecule has 0 amide bonds. The Morgan fingerprint density at radius 3 is 2.45 bits per heavy atom. The fourth-order valence-corrected chi connectivity index (χ4v) is 9.39. The van der Waals surface area contributed by atoms with Gasteiger partial charge in [0.25, 0.3) is 0 Å². The number of methoxy groups -OCH3 is 2. The number of hydrogen-bond donors (Lipinski definition) is 6. The molecule has 4 aromatic carbocycles. The lowest BCUT2D eigenvalue weighted by Gasteiger charge is -2.40. The van der Waals surface area contributed by atoms with Crippen molar-refractivity contribution in [1.82, 2.24) is 5.32 Å². The van der Waals surface area contributed by atoms with Crippen molar-refractivity contribution in [1.29, 1.82) is 0 Å². The van der Waals surface area contributed by atoms with Gasteiger partial charge in [0.15, 0.2) is 17.7 Å². The summed E-state index contributed by atoms with van der Waals surface area (Å²) in [5, 5.41) is 52.1. The number of hydrogen-bond acceptors (Lipinski definition) is 11. The third-order valence-corrected chi connectivity index (χ3v) is 12.3. The predicted octanol–water partition coefficient (Wildman–Crippen LogP) is 6.59. The van der Waals surface area contributed by atoms with Crippen molar-refractivity contribution in [3.8, 4) is 45.6 Å². The van der Waals surface area contributed by atoms with E-state index in [4.69, 9.17) is 23.7 Å². The fourth-order valence-electron chi connectivity index (χ4n) is 9.39. The van der Waals surface area contributed by atoms with E-state index in [0.717, 1.165) is 47.3 Å². The first-order valence-corrected chi connectivity index (χ1v) is 19.4. The number of aromatic hydroxyl groups is 1. The predicted molar refractivity (Wildman–Crippen MR) is 209 cm³/mol. The van der Waals surface area contributed by atoms with Crippen LogP contribution in [0.3, 0.4) is 0 Å². The van der Waals surface area contributed by atoms with Gasteiger partial charge in [-0.2, -0.15) is 0 Å². The number of benzene rings is 4. The van der Waals surface area contributed by atoms with Gasteiger partial charge in [-0.05, 0) is 77.9 Å². The molecular weight excluding hydrogens is 700 g/mol. The molecule has 5 atom stereocenters. The molecule has 0 radical (unpaired) electrons. The first-order chi connectivity index (χ1) is 26.6. The molecule has 292 valence electrons. The van der Waals surface area contributed by atoms with Crippen LogP contribution in [-0.4, -0.2) is 67.7 Å². The second-order valence-corrected chi connectivity index (χ2v) is 15.8. The zero-order valence-corrected chi connectivity index (χ0v) is 32.2. The van der Waals surface area contributed by atoms with Gasteiger partial charge in [-0.25, -0.2) is 0 Å². The molecule has 8 rings (SSSR count). The largest absolute Gasteiger partial charge is 0.502 e. The molecule has 0 saturated carbocycles. The number of aliphatic hydroxyl groups is 3. The van der Waals surface area contributed by atoms with Crippen molar-refractivity contribution >= 4 is 5.69 Å². The van der Waals surface area contributed by atoms with Crippen LogP contribution >= 0.6 is 0 Å². The van der Waals surface area contributed by atoms with E-state index in [9.17, 15) is 20.4 Å². The Morgan fingerprint density at radius 1 is 0.927 bits per heavy atom. The highest BCUT2D eigenvalue weighted by Gasteiger charge is 2.42. The lowest BCUT2D eigenvalue weighted by Crippen LogP contribution is -2.32. The normalized spacial score (nSPS) is 21.9. The monoisotopic (exact) mass is 752 g/mol. The van der Waals surface area contributed by atoms with Crippen LogP contribution in [0.1, 0.15) is 96.7 Å². The van der Waals surface area contributed by atoms with Crippen LogP contribution in [0.2, 0.25) is 0 Å². The number of anilines is 1. The molecule has 4 aliphatic rings. The number of ether oxygens (including phenoxy) is 5. The summed E-state index contributed by atoms with van der Waals surface area (Å²) < 4.78 is 30.4. The highest BCUT2D eigenvalue weighted by atomic mass is 16.5. The Hall–Kier alpha value is -4.68. The summed E-state index contributed by atoms with van der Waals surface area (Å²) >= 11 is 0. The van der Waals surface area contributed by atoms with E-state index in [1.54, 1.807) is 19.2 Å². The number of phenolic OH excluding ortho intramolecular Hbond substituents is 1. The van der Waals surface area contributed by atoms with Crippen molar-refractivity contribution < 1.29 is 44.1 Å². The fraction of sp³-hybridized carbons (Fsp3) is 0.455. The lowest BCUT2D eigenvalue weighted by atomic mass is 9.66. The van der Waals surface area contributed by atoms with Gasteiger partial charge in [-0.3, -0.25) is 5.32 Å². The van der Waals surface area contributed by atoms with Crippen molar-refractivity contribution in [2.24, 2.45) is 5.92 Å². The summed E-state index contributed by atoms with van der Waals surface area (Å²) in [6.07, 6.45) is 1.17. The number of phenols is 1. The average Bonchev–Trinajstić information content (AvgIpc) is 3.18. The van der Waals surface area contributed by atoms with Gasteiger partial charge in [0.05, 0.1) is 39.1 Å². The molecule has 55 heavy (non-hydrogen) atoms. The van der Waals surface area contributed by atoms with E-state index in [1.807, 2.05) is 19.1 Å². The van der Waals surface area contributed by atoms with Gasteiger partial charge in [0, 0.05) is 58.5 Å². The Bertz CT molecular complexity index is 2100. The Kier molecular flexibility index (Phi) is 10.00. The zero-order valence-electron chi connectivity index (χ0n) is 32.2. The van der Waals surface area contributed by atoms with Crippen molar-refractivity contribution in [3.63, 3.8) is 0 Å². The number of aliphatic hydroxyl groups excluding tert-OH is 3. The van der Waals surface area contributed by atoms with Crippen LogP contribution in [0.5, 0.6) is 34.5 Å². The van der Waals surface area contributed by atoms with E-state index in [2.05, 4.69) is 48.7 Å². The van der Waals surface area contributed by atoms with Crippen molar-refractivity contribution in [3.05, 3.63) is 87.5 Å². The minimum absolute atomic E-state index is 0.0485. The first kappa shape index (κ1) is 37.3. The average molecular weight is 753 g/mol. The van der Waals surface area contributed by atoms with Gasteiger partial charge < -0.3 is 49.4 Å². The van der Waals surface area contributed by atoms with Crippen LogP contribution in [-0.2, 0) is 18.3 Å². The van der Waals surface area contributed by atoms with Crippen LogP contribution in [0.15, 0.2) is 48.5 Å². The molecule has 2 aliphatic carbocycles. The summed E-state index contributed by atoms with van der Waals surface area (Å²) in [5.41, 5.74) is 8.98. The van der Waals surface area contributed by atoms with E-state index in [0.29, 0.717) is 46.8 Å². The zero-order chi connectivity index (χ0) is 38.6. The number of rotatable bonds is 12. The molecule has 0 fully saturated rings. The third kappa shape index (κ3) is 6.31. The second kappa shape index (κ2) is 14.8. The van der Waals surface area contributed by atoms with Gasteiger partial charge >= 0.3 is 0 Å². The summed E-state index contributed by atoms with van der Waals surface area (Å²) in [6, 6.07) is 15.6. The standard InChI is InChI=1S/C44H52N2O9/c1-6-45-22-55-34-18-32(51-4)27-11-12-28-37-31(46-43(50)40(34)39(27)37)17-33-38(28)41(48)29(21-54-33)23-15-35(52-5)42(49)36(16-23)53-20-24(19-47)25-13-14-44(2,3)30-10-8-7-9-26(25)30/h7-10,15-18,24-25,29,41,43,45-50H,6,11-14,19-22H2,1-5H3. The summed E-state index contributed by atoms with van der Waals surface area (Å²) in [6.45, 7) is 7.80. The van der Waals surface area contributed by atoms with Crippen LogP contribution in [0, 0.1) is 5.92 Å². The smallest absolute Gasteiger partial charge is 0.200 e. The van der Waals surface area contributed by atoms with Crippen molar-refractivity contribution in [2.45, 2.75) is 76.0 Å². The summed E-state index contributed by atoms with van der Waals surface area (Å²) in [5.74, 6) is 1.44. The van der Waals surface area contributed by atoms with E-state index < -0.39 is 18.2 Å². The third-order valence-electron chi connectivity index (χ3n) is 12.3. The minimum atomic E-state index is -1.03. The second-order valence-electron chi connectivity index (χ2n) is 15.8. The molecule has 6 N–H and O–H groups in total. The van der Waals surface area contributed by atoms with Crippen LogP contribution in [0.4, 0.5) is 5.69 Å². The number of nitrogens with one attached hydrogen (secondary N) is 2. The van der Waals surface area contributed by atoms with Crippen LogP contribution in [0.25, 0.3) is 11.1 Å². The van der Waals surface area contributed by atoms with Crippen molar-refractivity contribution in [2.75, 3.05) is 52.6 Å². The molecule has 11 nitrogen and oxygen atoms in total. The van der Waals surface area contributed by atoms with Crippen LogP contribution < -0.4 is 34.3 Å². The number of fused-ring (bicyclic) bond motifs is 3. The Morgan fingerprint density at radius 2 is 1.69 bits per heavy atom. The molecular formula is C44H52N2O9. The maximum Gasteiger partial charge on any atom is 0.200 e. The Labute approximate surface area is 322 Å². The van der Waals surface area contributed by atoms with Gasteiger partial charge in [-0.1, -0.05) is 45.0 Å². The lowest BCUT2D eigenvalue weighted by molar-refractivity contribution is 0.0875. The van der Waals surface area contributed by atoms with Gasteiger partial charge in [0.1, 0.15) is 24.0 Å². The van der Waals surface area contributed by atoms with E-state index >= 15 is 0 Å². The molecule has 0 spiro atoms. The van der Waals surface area contributed by atoms with E-state index in [1.165, 1.54) is 18.2 Å². The highest BCUT2D eigenvalue weighted by molar-refractivity contribution is 5.93. The SMILES string of the molecule is CCNCOc1cc(OC)c2c3c1C(O)Nc1cc4c(c(c1-3)CC2)C(O)C(c1cc(OC)c(O)c(OCC(CO)C2CCC(C)(C)c3ccccc32)c1)CO4. The van der Waals surface area contributed by atoms with Gasteiger partial charge in [-0.15, -0.1) is 0 Å². The molecule has 4 aromatic rings. The highest BCUT2D eigenvalue weighted by Crippen LogP contribution is 2.57. The molecule has 11 heteroatoms. The molecule has 2 aliphatic heterocycles. The summed E-state index contributed by atoms with van der Waals surface area (Å²) in [4.78, 5) is 0. The molecule has 2 heterocycles. The first-order valence-electron chi connectivity index (χ1n) is 19.4. The topological polar surface area (TPSA) is 151 Å². The maximum absolute atomic E-state index is 12.3. The minimum Gasteiger partial charge on any atom is -0.502 e. The molecule has 0 saturated heterocycles. The molecule has 5 unspecified atom stereocenters. The van der Waals surface area contributed by atoms with E-state index in [-0.39, 0.29) is 61.1 Å². The summed E-state index contributed by atoms with van der Waals surface area (Å²) in [7, 11) is 3.12. The van der Waals surface area contributed by atoms with Gasteiger partial charge in [0.2, 0.25) is 5.75 Å². The maximum atomic E-state index is 12.3. The molecule has 0 aromatic heterocycles.